The van der Waals surface area contributed by atoms with Gasteiger partial charge in [0.1, 0.15) is 5.75 Å². The fourth-order valence-electron chi connectivity index (χ4n) is 4.13. The van der Waals surface area contributed by atoms with Crippen molar-refractivity contribution in [3.8, 4) is 5.75 Å². The summed E-state index contributed by atoms with van der Waals surface area (Å²) in [6.07, 6.45) is 1.39. The summed E-state index contributed by atoms with van der Waals surface area (Å²) in [4.78, 5) is 42.3. The summed E-state index contributed by atoms with van der Waals surface area (Å²) in [6, 6.07) is 9.31. The average molecular weight is 586 g/mol. The predicted molar refractivity (Wildman–Crippen MR) is 143 cm³/mol. The Kier molecular flexibility index (Phi) is 7.47. The number of nitrogens with zero attached hydrogens (tertiary/aromatic N) is 3. The number of hydrogen-bond donors (Lipinski definition) is 1. The Morgan fingerprint density at radius 2 is 2.00 bits per heavy atom. The van der Waals surface area contributed by atoms with Gasteiger partial charge in [0.15, 0.2) is 4.80 Å². The number of nitro groups is 1. The Hall–Kier alpha value is -3.57. The molecule has 0 radical (unpaired) electrons. The van der Waals surface area contributed by atoms with Gasteiger partial charge in [0, 0.05) is 17.7 Å². The molecule has 1 aromatic heterocycles. The molecule has 0 aliphatic carbocycles. The van der Waals surface area contributed by atoms with Crippen molar-refractivity contribution in [3.63, 3.8) is 0 Å². The third-order valence-corrected chi connectivity index (χ3v) is 7.60. The number of fused-ring (bicyclic) bond motifs is 1. The van der Waals surface area contributed by atoms with E-state index in [1.54, 1.807) is 13.8 Å². The molecule has 1 atom stereocenters. The van der Waals surface area contributed by atoms with Crippen LogP contribution in [-0.2, 0) is 9.53 Å². The third-order valence-electron chi connectivity index (χ3n) is 6.01. The molecule has 0 amide bonds. The first-order valence-electron chi connectivity index (χ1n) is 11.5. The third kappa shape index (κ3) is 5.01. The lowest BCUT2D eigenvalue weighted by molar-refractivity contribution is -0.385. The summed E-state index contributed by atoms with van der Waals surface area (Å²) in [5, 5.41) is 21.8. The van der Waals surface area contributed by atoms with Gasteiger partial charge in [0.2, 0.25) is 0 Å². The molecular formula is C26H24BrN3O6S. The first-order valence-corrected chi connectivity index (χ1v) is 13.1. The number of benzene rings is 2. The molecule has 0 saturated heterocycles. The summed E-state index contributed by atoms with van der Waals surface area (Å²) in [5.74, 6) is -0.489. The van der Waals surface area contributed by atoms with Crippen LogP contribution >= 0.6 is 27.3 Å². The van der Waals surface area contributed by atoms with Crippen LogP contribution in [0.3, 0.4) is 0 Å². The van der Waals surface area contributed by atoms with Crippen LogP contribution < -0.4 is 14.9 Å². The molecule has 3 aromatic rings. The van der Waals surface area contributed by atoms with Gasteiger partial charge in [-0.05, 0) is 52.9 Å². The zero-order chi connectivity index (χ0) is 27.0. The zero-order valence-corrected chi connectivity index (χ0v) is 22.9. The molecule has 0 bridgehead atoms. The number of aromatic hydroxyl groups is 1. The number of non-ortho nitro benzene ring substituents is 1. The molecule has 11 heteroatoms. The SMILES string of the molecule is CCOC(=O)C1=C(C)N=c2s/c(=C\c3cc([N+](=O)[O-])cc(Br)c3O)c(=O)n2[C@@H]1c1ccc(C(C)C)cc1. The van der Waals surface area contributed by atoms with Crippen molar-refractivity contribution in [1.29, 1.82) is 0 Å². The molecule has 1 aliphatic rings. The van der Waals surface area contributed by atoms with Crippen molar-refractivity contribution in [1.82, 2.24) is 4.57 Å². The number of carbonyl (C=O) groups is 1. The van der Waals surface area contributed by atoms with Crippen LogP contribution in [0.5, 0.6) is 5.75 Å². The lowest BCUT2D eigenvalue weighted by atomic mass is 9.93. The lowest BCUT2D eigenvalue weighted by Gasteiger charge is -2.25. The number of nitro benzene ring substituents is 1. The molecule has 2 aromatic carbocycles. The van der Waals surface area contributed by atoms with E-state index in [0.717, 1.165) is 22.5 Å². The summed E-state index contributed by atoms with van der Waals surface area (Å²) >= 11 is 4.19. The number of hydrogen-bond acceptors (Lipinski definition) is 8. The van der Waals surface area contributed by atoms with Gasteiger partial charge in [0.25, 0.3) is 11.2 Å². The molecule has 1 N–H and O–H groups in total. The highest BCUT2D eigenvalue weighted by atomic mass is 79.9. The number of carbonyl (C=O) groups excluding carboxylic acids is 1. The molecule has 1 aliphatic heterocycles. The molecule has 37 heavy (non-hydrogen) atoms. The standard InChI is InChI=1S/C26H24BrN3O6S/c1-5-36-25(33)21-14(4)28-26-29(22(21)16-8-6-15(7-9-16)13(2)3)24(32)20(37-26)11-17-10-18(30(34)35)12-19(27)23(17)31/h6-13,22,31H,5H2,1-4H3/b20-11-/t22-/m1/s1. The van der Waals surface area contributed by atoms with E-state index in [9.17, 15) is 24.8 Å². The zero-order valence-electron chi connectivity index (χ0n) is 20.5. The Labute approximate surface area is 224 Å². The van der Waals surface area contributed by atoms with E-state index >= 15 is 0 Å². The molecule has 4 rings (SSSR count). The number of halogens is 1. The number of ether oxygens (including phenoxy) is 1. The average Bonchev–Trinajstić information content (AvgIpc) is 3.15. The van der Waals surface area contributed by atoms with E-state index in [1.165, 1.54) is 22.8 Å². The number of allylic oxidation sites excluding steroid dienone is 1. The van der Waals surface area contributed by atoms with Crippen molar-refractivity contribution >= 4 is 45.0 Å². The topological polar surface area (TPSA) is 124 Å². The largest absolute Gasteiger partial charge is 0.506 e. The summed E-state index contributed by atoms with van der Waals surface area (Å²) in [5.41, 5.74) is 1.94. The van der Waals surface area contributed by atoms with Gasteiger partial charge in [-0.2, -0.15) is 0 Å². The minimum atomic E-state index is -0.774. The van der Waals surface area contributed by atoms with E-state index in [1.807, 2.05) is 24.3 Å². The molecule has 0 unspecified atom stereocenters. The van der Waals surface area contributed by atoms with Crippen LogP contribution in [0.1, 0.15) is 56.3 Å². The first kappa shape index (κ1) is 26.5. The predicted octanol–water partition coefficient (Wildman–Crippen LogP) is 4.30. The quantitative estimate of drug-likeness (QED) is 0.261. The summed E-state index contributed by atoms with van der Waals surface area (Å²) in [6.45, 7) is 7.73. The second-order valence-electron chi connectivity index (χ2n) is 8.75. The minimum absolute atomic E-state index is 0.102. The Morgan fingerprint density at radius 3 is 2.59 bits per heavy atom. The van der Waals surface area contributed by atoms with Crippen molar-refractivity contribution in [2.24, 2.45) is 4.99 Å². The van der Waals surface area contributed by atoms with Crippen LogP contribution in [0, 0.1) is 10.1 Å². The van der Waals surface area contributed by atoms with Gasteiger partial charge >= 0.3 is 5.97 Å². The molecule has 0 spiro atoms. The fraction of sp³-hybridized carbons (Fsp3) is 0.269. The molecule has 2 heterocycles. The van der Waals surface area contributed by atoms with Crippen LogP contribution in [0.25, 0.3) is 6.08 Å². The number of phenolic OH excluding ortho intramolecular Hbond substituents is 1. The molecule has 192 valence electrons. The van der Waals surface area contributed by atoms with E-state index in [0.29, 0.717) is 16.4 Å². The number of phenols is 1. The minimum Gasteiger partial charge on any atom is -0.506 e. The Bertz CT molecular complexity index is 1620. The van der Waals surface area contributed by atoms with Crippen LogP contribution in [-0.4, -0.2) is 27.2 Å². The summed E-state index contributed by atoms with van der Waals surface area (Å²) < 4.78 is 7.07. The number of thiazole rings is 1. The monoisotopic (exact) mass is 585 g/mol. The second-order valence-corrected chi connectivity index (χ2v) is 10.6. The van der Waals surface area contributed by atoms with Gasteiger partial charge < -0.3 is 9.84 Å². The van der Waals surface area contributed by atoms with Crippen molar-refractivity contribution in [2.45, 2.75) is 39.7 Å². The summed E-state index contributed by atoms with van der Waals surface area (Å²) in [7, 11) is 0. The number of rotatable bonds is 6. The number of aromatic nitrogens is 1. The van der Waals surface area contributed by atoms with E-state index < -0.39 is 22.5 Å². The van der Waals surface area contributed by atoms with Gasteiger partial charge in [0.05, 0.1) is 37.8 Å². The Morgan fingerprint density at radius 1 is 1.32 bits per heavy atom. The normalized spacial score (nSPS) is 15.5. The van der Waals surface area contributed by atoms with Gasteiger partial charge in [-0.25, -0.2) is 9.79 Å². The molecule has 9 nitrogen and oxygen atoms in total. The van der Waals surface area contributed by atoms with Crippen LogP contribution in [0.4, 0.5) is 5.69 Å². The van der Waals surface area contributed by atoms with E-state index in [2.05, 4.69) is 34.8 Å². The van der Waals surface area contributed by atoms with Crippen molar-refractivity contribution in [2.75, 3.05) is 6.61 Å². The maximum Gasteiger partial charge on any atom is 0.338 e. The van der Waals surface area contributed by atoms with Crippen LogP contribution in [0.2, 0.25) is 0 Å². The maximum absolute atomic E-state index is 13.7. The van der Waals surface area contributed by atoms with Crippen LogP contribution in [0.15, 0.2) is 61.9 Å². The molecular weight excluding hydrogens is 562 g/mol. The van der Waals surface area contributed by atoms with Gasteiger partial charge in [-0.3, -0.25) is 19.5 Å². The maximum atomic E-state index is 13.7. The van der Waals surface area contributed by atoms with Gasteiger partial charge in [-0.1, -0.05) is 49.4 Å². The Balaban J connectivity index is 1.97. The van der Waals surface area contributed by atoms with E-state index in [-0.39, 0.29) is 38.2 Å². The second kappa shape index (κ2) is 10.4. The van der Waals surface area contributed by atoms with Crippen molar-refractivity contribution in [3.05, 3.63) is 98.6 Å². The first-order chi connectivity index (χ1) is 17.5. The number of esters is 1. The highest BCUT2D eigenvalue weighted by Gasteiger charge is 2.33. The van der Waals surface area contributed by atoms with Crippen molar-refractivity contribution < 1.29 is 19.6 Å². The molecule has 0 saturated carbocycles. The smallest absolute Gasteiger partial charge is 0.338 e. The lowest BCUT2D eigenvalue weighted by Crippen LogP contribution is -2.39. The highest BCUT2D eigenvalue weighted by molar-refractivity contribution is 9.10. The highest BCUT2D eigenvalue weighted by Crippen LogP contribution is 2.34. The van der Waals surface area contributed by atoms with Gasteiger partial charge in [-0.15, -0.1) is 0 Å². The molecule has 0 fully saturated rings. The van der Waals surface area contributed by atoms with E-state index in [4.69, 9.17) is 4.74 Å². The fourth-order valence-corrected chi connectivity index (χ4v) is 5.63.